The van der Waals surface area contributed by atoms with Gasteiger partial charge in [0.15, 0.2) is 11.6 Å². The van der Waals surface area contributed by atoms with Gasteiger partial charge in [-0.3, -0.25) is 4.79 Å². The molecule has 7 heteroatoms. The highest BCUT2D eigenvalue weighted by atomic mass is 79.9. The van der Waals surface area contributed by atoms with Crippen molar-refractivity contribution in [1.82, 2.24) is 0 Å². The Morgan fingerprint density at radius 3 is 2.68 bits per heavy atom. The van der Waals surface area contributed by atoms with E-state index in [1.54, 1.807) is 6.07 Å². The van der Waals surface area contributed by atoms with E-state index in [2.05, 4.69) is 37.2 Å². The normalized spacial score (nSPS) is 10.3. The summed E-state index contributed by atoms with van der Waals surface area (Å²) in [6, 6.07) is 5.87. The van der Waals surface area contributed by atoms with Crippen molar-refractivity contribution in [1.29, 1.82) is 0 Å². The number of hydrogen-bond acceptors (Lipinski definition) is 3. The molecule has 1 amide bonds. The third kappa shape index (κ3) is 3.34. The molecule has 0 atom stereocenters. The van der Waals surface area contributed by atoms with E-state index in [1.165, 1.54) is 36.6 Å². The van der Waals surface area contributed by atoms with E-state index in [4.69, 9.17) is 4.74 Å². The van der Waals surface area contributed by atoms with Crippen LogP contribution in [0.15, 0.2) is 31.8 Å². The lowest BCUT2D eigenvalue weighted by molar-refractivity contribution is 0.102. The van der Waals surface area contributed by atoms with Crippen molar-refractivity contribution in [3.05, 3.63) is 43.2 Å². The number of carbonyl (C=O) groups excluding carboxylic acids is 1. The fourth-order valence-electron chi connectivity index (χ4n) is 1.43. The predicted molar refractivity (Wildman–Crippen MR) is 80.6 cm³/mol. The number of halogens is 3. The molecule has 0 unspecified atom stereocenters. The number of methoxy groups -OCH3 is 1. The van der Waals surface area contributed by atoms with Crippen molar-refractivity contribution in [2.45, 2.75) is 0 Å². The number of ether oxygens (including phenoxy) is 1. The summed E-state index contributed by atoms with van der Waals surface area (Å²) in [6.45, 7) is 0. The summed E-state index contributed by atoms with van der Waals surface area (Å²) in [5.74, 6) is -0.661. The van der Waals surface area contributed by atoms with Crippen molar-refractivity contribution in [2.75, 3.05) is 12.4 Å². The quantitative estimate of drug-likeness (QED) is 0.801. The lowest BCUT2D eigenvalue weighted by Gasteiger charge is -2.07. The summed E-state index contributed by atoms with van der Waals surface area (Å²) in [5.41, 5.74) is 0.984. The zero-order valence-electron chi connectivity index (χ0n) is 9.67. The molecular formula is C12H8Br2FNO2S. The van der Waals surface area contributed by atoms with Gasteiger partial charge in [-0.1, -0.05) is 0 Å². The number of hydrogen-bond donors (Lipinski definition) is 1. The fraction of sp³-hybridized carbons (Fsp3) is 0.0833. The minimum Gasteiger partial charge on any atom is -0.494 e. The van der Waals surface area contributed by atoms with Gasteiger partial charge in [0.1, 0.15) is 0 Å². The molecular weight excluding hydrogens is 401 g/mol. The van der Waals surface area contributed by atoms with E-state index >= 15 is 0 Å². The maximum absolute atomic E-state index is 13.2. The van der Waals surface area contributed by atoms with Crippen LogP contribution in [0, 0.1) is 5.82 Å². The Hall–Kier alpha value is -0.920. The standard InChI is InChI=1S/C12H8Br2FNO2S/c1-18-9-4-6(2-3-8(9)15)16-12(17)7-5-10(13)19-11(7)14/h2-5H,1H3,(H,16,17). The Balaban J connectivity index is 2.21. The summed E-state index contributed by atoms with van der Waals surface area (Å²) in [4.78, 5) is 12.0. The van der Waals surface area contributed by atoms with Crippen LogP contribution in [0.4, 0.5) is 10.1 Å². The second-order valence-corrected chi connectivity index (χ2v) is 7.29. The Kier molecular flexibility index (Phi) is 4.59. The van der Waals surface area contributed by atoms with Crippen molar-refractivity contribution < 1.29 is 13.9 Å². The maximum Gasteiger partial charge on any atom is 0.257 e. The van der Waals surface area contributed by atoms with Crippen molar-refractivity contribution >= 4 is 54.8 Å². The molecule has 0 saturated heterocycles. The van der Waals surface area contributed by atoms with Gasteiger partial charge in [-0.25, -0.2) is 4.39 Å². The van der Waals surface area contributed by atoms with Gasteiger partial charge >= 0.3 is 0 Å². The Morgan fingerprint density at radius 2 is 2.11 bits per heavy atom. The molecule has 19 heavy (non-hydrogen) atoms. The number of carbonyl (C=O) groups is 1. The van der Waals surface area contributed by atoms with Gasteiger partial charge in [-0.15, -0.1) is 11.3 Å². The van der Waals surface area contributed by atoms with Crippen LogP contribution in [0.2, 0.25) is 0 Å². The minimum absolute atomic E-state index is 0.0864. The highest BCUT2D eigenvalue weighted by Crippen LogP contribution is 2.32. The van der Waals surface area contributed by atoms with Crippen LogP contribution in [0.1, 0.15) is 10.4 Å². The van der Waals surface area contributed by atoms with Crippen LogP contribution in [0.25, 0.3) is 0 Å². The summed E-state index contributed by atoms with van der Waals surface area (Å²) in [6.07, 6.45) is 0. The van der Waals surface area contributed by atoms with Crippen LogP contribution >= 0.6 is 43.2 Å². The summed E-state index contributed by atoms with van der Waals surface area (Å²) in [7, 11) is 1.37. The van der Waals surface area contributed by atoms with E-state index in [0.717, 1.165) is 7.57 Å². The van der Waals surface area contributed by atoms with Gasteiger partial charge in [0.2, 0.25) is 0 Å². The van der Waals surface area contributed by atoms with Gasteiger partial charge in [-0.05, 0) is 50.1 Å². The smallest absolute Gasteiger partial charge is 0.257 e. The minimum atomic E-state index is -0.472. The summed E-state index contributed by atoms with van der Waals surface area (Å²) >= 11 is 8.03. The number of nitrogens with one attached hydrogen (secondary N) is 1. The largest absolute Gasteiger partial charge is 0.494 e. The molecule has 3 nitrogen and oxygen atoms in total. The first-order chi connectivity index (χ1) is 9.01. The van der Waals surface area contributed by atoms with Gasteiger partial charge in [0.05, 0.1) is 20.2 Å². The first kappa shape index (κ1) is 14.5. The third-order valence-corrected chi connectivity index (χ3v) is 4.65. The predicted octanol–water partition coefficient (Wildman–Crippen LogP) is 4.67. The molecule has 1 aromatic heterocycles. The molecule has 0 saturated carbocycles. The second-order valence-electron chi connectivity index (χ2n) is 3.54. The Morgan fingerprint density at radius 1 is 1.37 bits per heavy atom. The molecule has 0 fully saturated rings. The number of rotatable bonds is 3. The first-order valence-corrected chi connectivity index (χ1v) is 7.51. The molecule has 2 rings (SSSR count). The molecule has 2 aromatic rings. The van der Waals surface area contributed by atoms with E-state index in [1.807, 2.05) is 0 Å². The van der Waals surface area contributed by atoms with Crippen LogP contribution in [0.5, 0.6) is 5.75 Å². The van der Waals surface area contributed by atoms with Gasteiger partial charge in [0.25, 0.3) is 5.91 Å². The number of benzene rings is 1. The van der Waals surface area contributed by atoms with E-state index in [0.29, 0.717) is 11.3 Å². The third-order valence-electron chi connectivity index (χ3n) is 2.31. The number of anilines is 1. The van der Waals surface area contributed by atoms with Crippen LogP contribution < -0.4 is 10.1 Å². The SMILES string of the molecule is COc1cc(NC(=O)c2cc(Br)sc2Br)ccc1F. The van der Waals surface area contributed by atoms with Gasteiger partial charge in [0, 0.05) is 11.8 Å². The maximum atomic E-state index is 13.2. The molecule has 100 valence electrons. The van der Waals surface area contributed by atoms with Crippen molar-refractivity contribution in [3.63, 3.8) is 0 Å². The molecule has 0 bridgehead atoms. The van der Waals surface area contributed by atoms with E-state index < -0.39 is 5.82 Å². The molecule has 0 spiro atoms. The lowest BCUT2D eigenvalue weighted by Crippen LogP contribution is -2.11. The Labute approximate surface area is 130 Å². The first-order valence-electron chi connectivity index (χ1n) is 5.11. The molecule has 0 aliphatic heterocycles. The van der Waals surface area contributed by atoms with Crippen molar-refractivity contribution in [3.8, 4) is 5.75 Å². The molecule has 0 aliphatic rings. The number of thiophene rings is 1. The number of amides is 1. The highest BCUT2D eigenvalue weighted by Gasteiger charge is 2.14. The molecule has 1 aromatic carbocycles. The monoisotopic (exact) mass is 407 g/mol. The highest BCUT2D eigenvalue weighted by molar-refractivity contribution is 9.12. The summed E-state index contributed by atoms with van der Waals surface area (Å²) < 4.78 is 19.7. The molecule has 0 aliphatic carbocycles. The average molecular weight is 409 g/mol. The van der Waals surface area contributed by atoms with Crippen LogP contribution in [0.3, 0.4) is 0 Å². The molecule has 1 heterocycles. The Bertz CT molecular complexity index is 630. The zero-order valence-corrected chi connectivity index (χ0v) is 13.7. The lowest BCUT2D eigenvalue weighted by atomic mass is 10.2. The molecule has 1 N–H and O–H groups in total. The average Bonchev–Trinajstić information content (AvgIpc) is 2.71. The van der Waals surface area contributed by atoms with E-state index in [-0.39, 0.29) is 11.7 Å². The van der Waals surface area contributed by atoms with Gasteiger partial charge in [-0.2, -0.15) is 0 Å². The summed E-state index contributed by atoms with van der Waals surface area (Å²) in [5, 5.41) is 2.68. The fourth-order valence-corrected chi connectivity index (χ4v) is 4.22. The van der Waals surface area contributed by atoms with Crippen LogP contribution in [-0.4, -0.2) is 13.0 Å². The van der Waals surface area contributed by atoms with Crippen molar-refractivity contribution in [2.24, 2.45) is 0 Å². The topological polar surface area (TPSA) is 38.3 Å². The second kappa shape index (κ2) is 6.02. The van der Waals surface area contributed by atoms with Gasteiger partial charge < -0.3 is 10.1 Å². The zero-order chi connectivity index (χ0) is 14.0. The van der Waals surface area contributed by atoms with Crippen LogP contribution in [-0.2, 0) is 0 Å². The van der Waals surface area contributed by atoms with E-state index in [9.17, 15) is 9.18 Å². The molecule has 0 radical (unpaired) electrons.